The second kappa shape index (κ2) is 6.62. The molecule has 0 radical (unpaired) electrons. The number of benzene rings is 2. The number of ketones is 1. The van der Waals surface area contributed by atoms with E-state index in [4.69, 9.17) is 33.2 Å². The Morgan fingerprint density at radius 2 is 2.00 bits per heavy atom. The molecule has 2 aromatic rings. The van der Waals surface area contributed by atoms with Crippen molar-refractivity contribution in [3.63, 3.8) is 0 Å². The molecular weight excluding hydrogens is 309 g/mol. The van der Waals surface area contributed by atoms with Crippen molar-refractivity contribution in [3.8, 4) is 11.8 Å². The minimum absolute atomic E-state index is 0.0992. The largest absolute Gasteiger partial charge is 0.487 e. The highest BCUT2D eigenvalue weighted by molar-refractivity contribution is 6.35. The molecule has 0 bridgehead atoms. The van der Waals surface area contributed by atoms with Crippen LogP contribution in [-0.4, -0.2) is 5.78 Å². The first-order valence-corrected chi connectivity index (χ1v) is 6.88. The normalized spacial score (nSPS) is 10.0. The van der Waals surface area contributed by atoms with Crippen molar-refractivity contribution >= 4 is 29.0 Å². The Morgan fingerprint density at radius 1 is 1.24 bits per heavy atom. The van der Waals surface area contributed by atoms with Crippen LogP contribution < -0.4 is 4.74 Å². The molecule has 0 aliphatic rings. The maximum absolute atomic E-state index is 11.4. The summed E-state index contributed by atoms with van der Waals surface area (Å²) in [5.74, 6) is 0.394. The smallest absolute Gasteiger partial charge is 0.159 e. The summed E-state index contributed by atoms with van der Waals surface area (Å²) in [7, 11) is 0. The molecule has 0 aromatic heterocycles. The lowest BCUT2D eigenvalue weighted by Crippen LogP contribution is -2.00. The molecule has 5 heteroatoms. The first kappa shape index (κ1) is 15.4. The number of nitriles is 1. The Kier molecular flexibility index (Phi) is 4.85. The molecule has 0 spiro atoms. The van der Waals surface area contributed by atoms with Crippen LogP contribution in [0, 0.1) is 11.3 Å². The van der Waals surface area contributed by atoms with Gasteiger partial charge in [-0.2, -0.15) is 5.26 Å². The molecule has 0 atom stereocenters. The maximum Gasteiger partial charge on any atom is 0.159 e. The molecule has 2 rings (SSSR count). The molecule has 0 aliphatic heterocycles. The van der Waals surface area contributed by atoms with E-state index in [9.17, 15) is 4.79 Å². The van der Waals surface area contributed by atoms with Gasteiger partial charge in [-0.05, 0) is 48.9 Å². The molecule has 21 heavy (non-hydrogen) atoms. The Bertz CT molecular complexity index is 736. The van der Waals surface area contributed by atoms with Crippen LogP contribution in [0.2, 0.25) is 10.0 Å². The lowest BCUT2D eigenvalue weighted by Gasteiger charge is -2.09. The van der Waals surface area contributed by atoms with Gasteiger partial charge in [-0.3, -0.25) is 4.79 Å². The summed E-state index contributed by atoms with van der Waals surface area (Å²) in [6.45, 7) is 1.66. The number of hydrogen-bond donors (Lipinski definition) is 0. The zero-order chi connectivity index (χ0) is 15.4. The number of hydrogen-bond acceptors (Lipinski definition) is 3. The first-order valence-electron chi connectivity index (χ1n) is 6.12. The van der Waals surface area contributed by atoms with Crippen molar-refractivity contribution in [2.45, 2.75) is 13.5 Å². The highest BCUT2D eigenvalue weighted by atomic mass is 35.5. The third-order valence-corrected chi connectivity index (χ3v) is 3.35. The van der Waals surface area contributed by atoms with Crippen molar-refractivity contribution in [3.05, 3.63) is 63.1 Å². The van der Waals surface area contributed by atoms with Crippen LogP contribution >= 0.6 is 23.2 Å². The zero-order valence-electron chi connectivity index (χ0n) is 11.2. The van der Waals surface area contributed by atoms with Gasteiger partial charge in [-0.1, -0.05) is 23.2 Å². The fourth-order valence-corrected chi connectivity index (χ4v) is 2.26. The monoisotopic (exact) mass is 319 g/mol. The van der Waals surface area contributed by atoms with Gasteiger partial charge in [0.05, 0.1) is 16.7 Å². The van der Waals surface area contributed by atoms with E-state index in [0.29, 0.717) is 26.9 Å². The number of nitrogens with zero attached hydrogens (tertiary/aromatic N) is 1. The van der Waals surface area contributed by atoms with E-state index in [1.807, 2.05) is 6.07 Å². The summed E-state index contributed by atoms with van der Waals surface area (Å²) >= 11 is 11.8. The van der Waals surface area contributed by atoms with E-state index in [0.717, 1.165) is 5.56 Å². The lowest BCUT2D eigenvalue weighted by molar-refractivity contribution is 0.101. The minimum atomic E-state index is -0.0992. The van der Waals surface area contributed by atoms with E-state index in [-0.39, 0.29) is 12.4 Å². The van der Waals surface area contributed by atoms with Crippen molar-refractivity contribution in [2.24, 2.45) is 0 Å². The molecule has 0 unspecified atom stereocenters. The predicted octanol–water partition coefficient (Wildman–Crippen LogP) is 4.65. The summed E-state index contributed by atoms with van der Waals surface area (Å²) in [6.07, 6.45) is 0. The molecule has 0 N–H and O–H groups in total. The van der Waals surface area contributed by atoms with Crippen LogP contribution in [0.3, 0.4) is 0 Å². The zero-order valence-corrected chi connectivity index (χ0v) is 12.7. The number of carbonyl (C=O) groups excluding carboxylic acids is 1. The van der Waals surface area contributed by atoms with Gasteiger partial charge in [-0.15, -0.1) is 0 Å². The van der Waals surface area contributed by atoms with Crippen LogP contribution in [0.25, 0.3) is 0 Å². The summed E-state index contributed by atoms with van der Waals surface area (Å²) in [4.78, 5) is 11.4. The maximum atomic E-state index is 11.4. The van der Waals surface area contributed by atoms with Crippen molar-refractivity contribution in [2.75, 3.05) is 0 Å². The summed E-state index contributed by atoms with van der Waals surface area (Å²) in [5.41, 5.74) is 1.63. The number of rotatable bonds is 4. The molecule has 0 heterocycles. The van der Waals surface area contributed by atoms with Gasteiger partial charge in [-0.25, -0.2) is 0 Å². The number of carbonyl (C=O) groups is 1. The lowest BCUT2D eigenvalue weighted by atomic mass is 10.0. The molecule has 0 saturated heterocycles. The van der Waals surface area contributed by atoms with Gasteiger partial charge in [0, 0.05) is 10.6 Å². The average molecular weight is 320 g/mol. The van der Waals surface area contributed by atoms with Crippen molar-refractivity contribution < 1.29 is 9.53 Å². The van der Waals surface area contributed by atoms with Crippen LogP contribution in [0.15, 0.2) is 36.4 Å². The van der Waals surface area contributed by atoms with E-state index in [1.165, 1.54) is 6.92 Å². The summed E-state index contributed by atoms with van der Waals surface area (Å²) in [6, 6.07) is 11.9. The summed E-state index contributed by atoms with van der Waals surface area (Å²) < 4.78 is 5.60. The second-order valence-electron chi connectivity index (χ2n) is 4.45. The topological polar surface area (TPSA) is 50.1 Å². The van der Waals surface area contributed by atoms with Crippen molar-refractivity contribution in [1.82, 2.24) is 0 Å². The molecule has 2 aromatic carbocycles. The molecular formula is C16H11Cl2NO2. The molecule has 0 fully saturated rings. The Hall–Kier alpha value is -2.02. The van der Waals surface area contributed by atoms with Crippen LogP contribution in [0.5, 0.6) is 5.75 Å². The van der Waals surface area contributed by atoms with Gasteiger partial charge in [0.25, 0.3) is 0 Å². The number of ether oxygens (including phenoxy) is 1. The predicted molar refractivity (Wildman–Crippen MR) is 82.0 cm³/mol. The summed E-state index contributed by atoms with van der Waals surface area (Å²) in [5, 5.41) is 9.92. The fourth-order valence-electron chi connectivity index (χ4n) is 1.80. The Balaban J connectivity index is 2.21. The first-order chi connectivity index (χ1) is 9.99. The third kappa shape index (κ3) is 3.98. The highest BCUT2D eigenvalue weighted by Gasteiger charge is 2.07. The van der Waals surface area contributed by atoms with Gasteiger partial charge in [0.1, 0.15) is 12.4 Å². The molecule has 0 amide bonds. The number of Topliss-reactive ketones (excluding diaryl/α,β-unsaturated/α-hetero) is 1. The Labute approximate surface area is 132 Å². The molecule has 0 saturated carbocycles. The quantitative estimate of drug-likeness (QED) is 0.771. The van der Waals surface area contributed by atoms with Gasteiger partial charge in [0.15, 0.2) is 5.78 Å². The van der Waals surface area contributed by atoms with Crippen LogP contribution in [0.1, 0.15) is 28.4 Å². The van der Waals surface area contributed by atoms with E-state index < -0.39 is 0 Å². The van der Waals surface area contributed by atoms with Crippen LogP contribution in [0.4, 0.5) is 0 Å². The molecule has 0 aliphatic carbocycles. The SMILES string of the molecule is CC(=O)c1cc(C#N)cc(COc2ccc(Cl)cc2Cl)c1. The standard InChI is InChI=1S/C16H11Cl2NO2/c1-10(20)13-5-11(8-19)4-12(6-13)9-21-16-3-2-14(17)7-15(16)18/h2-7H,9H2,1H3. The van der Waals surface area contributed by atoms with Gasteiger partial charge >= 0.3 is 0 Å². The van der Waals surface area contributed by atoms with Crippen molar-refractivity contribution in [1.29, 1.82) is 5.26 Å². The van der Waals surface area contributed by atoms with E-state index in [2.05, 4.69) is 0 Å². The van der Waals surface area contributed by atoms with Gasteiger partial charge in [0.2, 0.25) is 0 Å². The fraction of sp³-hybridized carbons (Fsp3) is 0.125. The Morgan fingerprint density at radius 3 is 2.62 bits per heavy atom. The number of halogens is 2. The second-order valence-corrected chi connectivity index (χ2v) is 5.29. The van der Waals surface area contributed by atoms with E-state index in [1.54, 1.807) is 36.4 Å². The van der Waals surface area contributed by atoms with E-state index >= 15 is 0 Å². The minimum Gasteiger partial charge on any atom is -0.487 e. The highest BCUT2D eigenvalue weighted by Crippen LogP contribution is 2.28. The van der Waals surface area contributed by atoms with Crippen LogP contribution in [-0.2, 0) is 6.61 Å². The molecule has 106 valence electrons. The van der Waals surface area contributed by atoms with Gasteiger partial charge < -0.3 is 4.74 Å². The average Bonchev–Trinajstić information content (AvgIpc) is 2.46. The third-order valence-electron chi connectivity index (χ3n) is 2.82. The molecule has 3 nitrogen and oxygen atoms in total.